The smallest absolute Gasteiger partial charge is 0.0587 e. The minimum atomic E-state index is 0.634. The molecule has 0 radical (unpaired) electrons. The fourth-order valence-corrected chi connectivity index (χ4v) is 3.30. The van der Waals surface area contributed by atoms with E-state index in [0.29, 0.717) is 6.04 Å². The molecule has 1 aliphatic heterocycles. The average molecular weight is 290 g/mol. The lowest BCUT2D eigenvalue weighted by Gasteiger charge is -2.39. The van der Waals surface area contributed by atoms with Crippen molar-refractivity contribution >= 4 is 5.69 Å². The summed E-state index contributed by atoms with van der Waals surface area (Å²) < 4.78 is 5.11. The minimum absolute atomic E-state index is 0.634. The molecular weight excluding hydrogens is 260 g/mol. The van der Waals surface area contributed by atoms with Gasteiger partial charge in [0.15, 0.2) is 0 Å². The van der Waals surface area contributed by atoms with Crippen LogP contribution in [0.2, 0.25) is 0 Å². The molecule has 1 saturated heterocycles. The predicted octanol–water partition coefficient (Wildman–Crippen LogP) is 3.36. The molecule has 118 valence electrons. The number of benzene rings is 1. The molecule has 1 aromatic rings. The Bertz CT molecular complexity index is 447. The van der Waals surface area contributed by atoms with Crippen LogP contribution in [0.15, 0.2) is 18.2 Å². The molecule has 0 aromatic heterocycles. The fourth-order valence-electron chi connectivity index (χ4n) is 3.30. The van der Waals surface area contributed by atoms with Gasteiger partial charge in [0, 0.05) is 38.5 Å². The fraction of sp³-hybridized carbons (Fsp3) is 0.667. The van der Waals surface area contributed by atoms with Crippen LogP contribution in [-0.2, 0) is 11.3 Å². The van der Waals surface area contributed by atoms with Crippen LogP contribution in [-0.4, -0.2) is 32.8 Å². The number of anilines is 1. The number of methoxy groups -OCH3 is 1. The highest BCUT2D eigenvalue weighted by atomic mass is 16.5. The normalized spacial score (nSPS) is 22.6. The predicted molar refractivity (Wildman–Crippen MR) is 90.0 cm³/mol. The molecular formula is C18H30N2O. The Hall–Kier alpha value is -1.06. The van der Waals surface area contributed by atoms with Crippen molar-refractivity contribution in [2.24, 2.45) is 5.92 Å². The molecule has 3 nitrogen and oxygen atoms in total. The highest BCUT2D eigenvalue weighted by molar-refractivity contribution is 5.56. The Morgan fingerprint density at radius 1 is 1.33 bits per heavy atom. The molecule has 0 spiro atoms. The second-order valence-electron chi connectivity index (χ2n) is 6.47. The van der Waals surface area contributed by atoms with E-state index in [2.05, 4.69) is 49.2 Å². The Morgan fingerprint density at radius 3 is 2.86 bits per heavy atom. The zero-order valence-electron chi connectivity index (χ0n) is 14.0. The van der Waals surface area contributed by atoms with E-state index in [0.717, 1.165) is 25.6 Å². The number of rotatable bonds is 6. The van der Waals surface area contributed by atoms with Crippen molar-refractivity contribution < 1.29 is 4.74 Å². The average Bonchev–Trinajstić information content (AvgIpc) is 2.45. The molecule has 3 heteroatoms. The maximum absolute atomic E-state index is 5.11. The van der Waals surface area contributed by atoms with Gasteiger partial charge in [-0.15, -0.1) is 0 Å². The van der Waals surface area contributed by atoms with Gasteiger partial charge in [-0.3, -0.25) is 0 Å². The van der Waals surface area contributed by atoms with Crippen LogP contribution >= 0.6 is 0 Å². The number of nitrogens with one attached hydrogen (secondary N) is 1. The van der Waals surface area contributed by atoms with Crippen LogP contribution in [0.4, 0.5) is 5.69 Å². The van der Waals surface area contributed by atoms with Gasteiger partial charge in [0.25, 0.3) is 0 Å². The lowest BCUT2D eigenvalue weighted by molar-refractivity contribution is 0.199. The third-order valence-corrected chi connectivity index (χ3v) is 4.48. The Balaban J connectivity index is 2.10. The van der Waals surface area contributed by atoms with Crippen LogP contribution in [0, 0.1) is 12.8 Å². The van der Waals surface area contributed by atoms with Crippen LogP contribution in [0.25, 0.3) is 0 Å². The summed E-state index contributed by atoms with van der Waals surface area (Å²) in [7, 11) is 1.75. The van der Waals surface area contributed by atoms with Crippen LogP contribution in [0.5, 0.6) is 0 Å². The molecule has 1 N–H and O–H groups in total. The van der Waals surface area contributed by atoms with Gasteiger partial charge in [-0.25, -0.2) is 0 Å². The molecule has 0 aliphatic carbocycles. The van der Waals surface area contributed by atoms with Crippen molar-refractivity contribution in [2.75, 3.05) is 31.7 Å². The Morgan fingerprint density at radius 2 is 2.14 bits per heavy atom. The topological polar surface area (TPSA) is 24.5 Å². The summed E-state index contributed by atoms with van der Waals surface area (Å²) in [5.74, 6) is 0.852. The quantitative estimate of drug-likeness (QED) is 0.813. The van der Waals surface area contributed by atoms with Gasteiger partial charge in [0.05, 0.1) is 6.61 Å². The first kappa shape index (κ1) is 16.3. The first-order valence-corrected chi connectivity index (χ1v) is 8.17. The van der Waals surface area contributed by atoms with Crippen LogP contribution in [0.1, 0.15) is 37.8 Å². The highest BCUT2D eigenvalue weighted by Crippen LogP contribution is 2.30. The zero-order valence-corrected chi connectivity index (χ0v) is 14.0. The summed E-state index contributed by atoms with van der Waals surface area (Å²) in [6, 6.07) is 7.49. The summed E-state index contributed by atoms with van der Waals surface area (Å²) >= 11 is 0. The molecule has 1 heterocycles. The lowest BCUT2D eigenvalue weighted by atomic mass is 9.92. The van der Waals surface area contributed by atoms with Gasteiger partial charge >= 0.3 is 0 Å². The standard InChI is InChI=1S/C18H30N2O/c1-14-5-6-18(17(12-14)13-19-8-10-21-4)20-9-7-15(2)11-16(20)3/h5-6,12,15-16,19H,7-11,13H2,1-4H3. The maximum atomic E-state index is 5.11. The zero-order chi connectivity index (χ0) is 15.2. The second-order valence-corrected chi connectivity index (χ2v) is 6.47. The van der Waals surface area contributed by atoms with E-state index in [4.69, 9.17) is 4.74 Å². The number of hydrogen-bond acceptors (Lipinski definition) is 3. The summed E-state index contributed by atoms with van der Waals surface area (Å²) in [5.41, 5.74) is 4.15. The van der Waals surface area contributed by atoms with E-state index < -0.39 is 0 Å². The number of nitrogens with zero attached hydrogens (tertiary/aromatic N) is 1. The van der Waals surface area contributed by atoms with Crippen molar-refractivity contribution in [1.82, 2.24) is 5.32 Å². The molecule has 21 heavy (non-hydrogen) atoms. The minimum Gasteiger partial charge on any atom is -0.383 e. The SMILES string of the molecule is COCCNCc1cc(C)ccc1N1CCC(C)CC1C. The first-order chi connectivity index (χ1) is 10.1. The van der Waals surface area contributed by atoms with Crippen LogP contribution in [0.3, 0.4) is 0 Å². The van der Waals surface area contributed by atoms with E-state index in [1.807, 2.05) is 0 Å². The number of ether oxygens (including phenoxy) is 1. The molecule has 2 atom stereocenters. The van der Waals surface area contributed by atoms with E-state index >= 15 is 0 Å². The lowest BCUT2D eigenvalue weighted by Crippen LogP contribution is -2.41. The largest absolute Gasteiger partial charge is 0.383 e. The molecule has 2 rings (SSSR count). The third-order valence-electron chi connectivity index (χ3n) is 4.48. The maximum Gasteiger partial charge on any atom is 0.0587 e. The van der Waals surface area contributed by atoms with Gasteiger partial charge in [0.2, 0.25) is 0 Å². The Kier molecular flexibility index (Phi) is 6.07. The molecule has 1 fully saturated rings. The van der Waals surface area contributed by atoms with Crippen molar-refractivity contribution in [3.63, 3.8) is 0 Å². The number of aryl methyl sites for hydroxylation is 1. The molecule has 1 aliphatic rings. The van der Waals surface area contributed by atoms with Crippen molar-refractivity contribution in [3.05, 3.63) is 29.3 Å². The molecule has 0 bridgehead atoms. The third kappa shape index (κ3) is 4.45. The second kappa shape index (κ2) is 7.81. The summed E-state index contributed by atoms with van der Waals surface area (Å²) in [6.45, 7) is 10.7. The van der Waals surface area contributed by atoms with E-state index in [1.165, 1.54) is 36.2 Å². The molecule has 2 unspecified atom stereocenters. The summed E-state index contributed by atoms with van der Waals surface area (Å²) in [4.78, 5) is 2.59. The van der Waals surface area contributed by atoms with Crippen molar-refractivity contribution in [3.8, 4) is 0 Å². The van der Waals surface area contributed by atoms with E-state index in [1.54, 1.807) is 7.11 Å². The van der Waals surface area contributed by atoms with E-state index in [-0.39, 0.29) is 0 Å². The van der Waals surface area contributed by atoms with Gasteiger partial charge in [-0.05, 0) is 44.2 Å². The van der Waals surface area contributed by atoms with Crippen molar-refractivity contribution in [2.45, 2.75) is 46.2 Å². The summed E-state index contributed by atoms with van der Waals surface area (Å²) in [6.07, 6.45) is 2.60. The number of hydrogen-bond donors (Lipinski definition) is 1. The monoisotopic (exact) mass is 290 g/mol. The van der Waals surface area contributed by atoms with E-state index in [9.17, 15) is 0 Å². The molecule has 0 saturated carbocycles. The van der Waals surface area contributed by atoms with Gasteiger partial charge in [-0.1, -0.05) is 24.6 Å². The molecule has 0 amide bonds. The first-order valence-electron chi connectivity index (χ1n) is 8.17. The molecule has 1 aromatic carbocycles. The van der Waals surface area contributed by atoms with Gasteiger partial charge in [0.1, 0.15) is 0 Å². The Labute approximate surface area is 129 Å². The van der Waals surface area contributed by atoms with Crippen molar-refractivity contribution in [1.29, 1.82) is 0 Å². The summed E-state index contributed by atoms with van der Waals surface area (Å²) in [5, 5.41) is 3.48. The van der Waals surface area contributed by atoms with Gasteiger partial charge in [-0.2, -0.15) is 0 Å². The van der Waals surface area contributed by atoms with Crippen LogP contribution < -0.4 is 10.2 Å². The number of piperidine rings is 1. The highest BCUT2D eigenvalue weighted by Gasteiger charge is 2.24. The van der Waals surface area contributed by atoms with Gasteiger partial charge < -0.3 is 15.0 Å².